The third-order valence-corrected chi connectivity index (χ3v) is 4.38. The second kappa shape index (κ2) is 7.12. The number of rotatable bonds is 3. The third kappa shape index (κ3) is 4.70. The number of piperidine rings is 1. The molecule has 1 aromatic heterocycles. The zero-order valence-corrected chi connectivity index (χ0v) is 14.9. The molecule has 2 heterocycles. The van der Waals surface area contributed by atoms with E-state index in [-0.39, 0.29) is 17.8 Å². The van der Waals surface area contributed by atoms with Gasteiger partial charge in [-0.2, -0.15) is 5.10 Å². The zero-order valence-electron chi connectivity index (χ0n) is 14.1. The first kappa shape index (κ1) is 18.5. The Morgan fingerprint density at radius 1 is 1.33 bits per heavy atom. The van der Waals surface area contributed by atoms with Crippen LogP contribution in [0.1, 0.15) is 51.8 Å². The average Bonchev–Trinajstić information content (AvgIpc) is 2.71. The number of hydrogen-bond acceptors (Lipinski definition) is 3. The van der Waals surface area contributed by atoms with Crippen LogP contribution in [-0.2, 0) is 19.0 Å². The molecule has 1 fully saturated rings. The van der Waals surface area contributed by atoms with Crippen molar-refractivity contribution < 1.29 is 0 Å². The summed E-state index contributed by atoms with van der Waals surface area (Å²) in [6.07, 6.45) is 4.63. The van der Waals surface area contributed by atoms with Crippen LogP contribution in [0.4, 0.5) is 0 Å². The number of hydrogen-bond donors (Lipinski definition) is 1. The molecule has 0 bridgehead atoms. The van der Waals surface area contributed by atoms with E-state index in [4.69, 9.17) is 5.73 Å². The van der Waals surface area contributed by atoms with Gasteiger partial charge in [-0.1, -0.05) is 20.8 Å². The fourth-order valence-corrected chi connectivity index (χ4v) is 3.16. The van der Waals surface area contributed by atoms with Crippen LogP contribution >= 0.6 is 12.4 Å². The van der Waals surface area contributed by atoms with Crippen LogP contribution in [0.2, 0.25) is 0 Å². The highest BCUT2D eigenvalue weighted by atomic mass is 35.5. The highest BCUT2D eigenvalue weighted by Gasteiger charge is 2.26. The molecule has 0 aliphatic carbocycles. The molecule has 1 aliphatic heterocycles. The second-order valence-corrected chi connectivity index (χ2v) is 7.40. The summed E-state index contributed by atoms with van der Waals surface area (Å²) >= 11 is 0. The Morgan fingerprint density at radius 2 is 1.90 bits per heavy atom. The minimum absolute atomic E-state index is 0. The fourth-order valence-electron chi connectivity index (χ4n) is 3.16. The maximum atomic E-state index is 6.02. The van der Waals surface area contributed by atoms with Crippen LogP contribution in [0.5, 0.6) is 0 Å². The van der Waals surface area contributed by atoms with Gasteiger partial charge in [-0.25, -0.2) is 0 Å². The lowest BCUT2D eigenvalue weighted by atomic mass is 9.88. The van der Waals surface area contributed by atoms with Crippen molar-refractivity contribution in [1.29, 1.82) is 0 Å². The van der Waals surface area contributed by atoms with Gasteiger partial charge in [-0.3, -0.25) is 9.58 Å². The fraction of sp³-hybridized carbons (Fsp3) is 0.812. The van der Waals surface area contributed by atoms with Crippen molar-refractivity contribution in [3.63, 3.8) is 0 Å². The van der Waals surface area contributed by atoms with Gasteiger partial charge in [0.25, 0.3) is 0 Å². The van der Waals surface area contributed by atoms with Crippen LogP contribution in [0.15, 0.2) is 6.20 Å². The van der Waals surface area contributed by atoms with Crippen LogP contribution < -0.4 is 5.73 Å². The summed E-state index contributed by atoms with van der Waals surface area (Å²) in [5, 5.41) is 4.66. The topological polar surface area (TPSA) is 47.1 Å². The smallest absolute Gasteiger partial charge is 0.0722 e. The number of nitrogens with zero attached hydrogens (tertiary/aromatic N) is 3. The van der Waals surface area contributed by atoms with Gasteiger partial charge in [0.1, 0.15) is 0 Å². The molecule has 1 atom stereocenters. The molecule has 0 spiro atoms. The Labute approximate surface area is 135 Å². The third-order valence-electron chi connectivity index (χ3n) is 4.38. The van der Waals surface area contributed by atoms with Gasteiger partial charge in [0.05, 0.1) is 5.69 Å². The number of nitrogens with two attached hydrogens (primary N) is 1. The molecule has 2 rings (SSSR count). The lowest BCUT2D eigenvalue weighted by Gasteiger charge is -2.34. The van der Waals surface area contributed by atoms with Crippen molar-refractivity contribution in [1.82, 2.24) is 14.7 Å². The predicted molar refractivity (Wildman–Crippen MR) is 90.8 cm³/mol. The van der Waals surface area contributed by atoms with Crippen molar-refractivity contribution in [2.24, 2.45) is 18.7 Å². The molecule has 122 valence electrons. The summed E-state index contributed by atoms with van der Waals surface area (Å²) in [5.74, 6) is 0.697. The van der Waals surface area contributed by atoms with E-state index in [1.807, 2.05) is 11.7 Å². The summed E-state index contributed by atoms with van der Waals surface area (Å²) in [5.41, 5.74) is 8.73. The normalized spacial score (nSPS) is 19.3. The van der Waals surface area contributed by atoms with E-state index in [0.717, 1.165) is 19.6 Å². The van der Waals surface area contributed by atoms with Crippen LogP contribution in [0.25, 0.3) is 0 Å². The van der Waals surface area contributed by atoms with E-state index < -0.39 is 0 Å². The molecule has 4 nitrogen and oxygen atoms in total. The summed E-state index contributed by atoms with van der Waals surface area (Å²) in [6, 6.07) is 0.334. The quantitative estimate of drug-likeness (QED) is 0.933. The highest BCUT2D eigenvalue weighted by Crippen LogP contribution is 2.27. The van der Waals surface area contributed by atoms with E-state index in [9.17, 15) is 0 Å². The van der Waals surface area contributed by atoms with Crippen molar-refractivity contribution >= 4 is 12.4 Å². The Morgan fingerprint density at radius 3 is 2.38 bits per heavy atom. The minimum atomic E-state index is 0. The van der Waals surface area contributed by atoms with Gasteiger partial charge in [0, 0.05) is 36.8 Å². The number of aryl methyl sites for hydroxylation is 1. The van der Waals surface area contributed by atoms with E-state index in [2.05, 4.69) is 43.9 Å². The van der Waals surface area contributed by atoms with Crippen LogP contribution in [0, 0.1) is 5.92 Å². The van der Waals surface area contributed by atoms with E-state index in [0.29, 0.717) is 12.0 Å². The predicted octanol–water partition coefficient (Wildman–Crippen LogP) is 2.70. The summed E-state index contributed by atoms with van der Waals surface area (Å²) in [6.45, 7) is 12.2. The number of aromatic nitrogens is 2. The summed E-state index contributed by atoms with van der Waals surface area (Å²) in [4.78, 5) is 2.55. The van der Waals surface area contributed by atoms with Gasteiger partial charge in [-0.05, 0) is 38.8 Å². The van der Waals surface area contributed by atoms with Crippen molar-refractivity contribution in [2.45, 2.75) is 58.5 Å². The maximum Gasteiger partial charge on any atom is 0.0722 e. The van der Waals surface area contributed by atoms with Gasteiger partial charge in [0.2, 0.25) is 0 Å². The van der Waals surface area contributed by atoms with E-state index >= 15 is 0 Å². The lowest BCUT2D eigenvalue weighted by Crippen LogP contribution is -2.39. The van der Waals surface area contributed by atoms with Crippen LogP contribution in [-0.4, -0.2) is 33.8 Å². The first-order valence-electron chi connectivity index (χ1n) is 7.78. The molecule has 0 amide bonds. The zero-order chi connectivity index (χ0) is 14.9. The second-order valence-electron chi connectivity index (χ2n) is 7.40. The number of likely N-dealkylation sites (tertiary alicyclic amines) is 1. The molecule has 0 aromatic carbocycles. The molecule has 0 radical (unpaired) electrons. The largest absolute Gasteiger partial charge is 0.328 e. The molecule has 5 heteroatoms. The first-order valence-corrected chi connectivity index (χ1v) is 7.78. The minimum Gasteiger partial charge on any atom is -0.328 e. The molecular formula is C16H31ClN4. The molecule has 1 aromatic rings. The van der Waals surface area contributed by atoms with Gasteiger partial charge in [-0.15, -0.1) is 12.4 Å². The Balaban J connectivity index is 0.00000220. The molecule has 1 aliphatic rings. The Kier molecular flexibility index (Phi) is 6.26. The molecular weight excluding hydrogens is 284 g/mol. The van der Waals surface area contributed by atoms with E-state index in [1.54, 1.807) is 0 Å². The van der Waals surface area contributed by atoms with Gasteiger partial charge >= 0.3 is 0 Å². The Bertz CT molecular complexity index is 440. The molecule has 0 saturated carbocycles. The van der Waals surface area contributed by atoms with E-state index in [1.165, 1.54) is 24.1 Å². The molecule has 21 heavy (non-hydrogen) atoms. The Hall–Kier alpha value is -0.580. The molecule has 1 unspecified atom stereocenters. The lowest BCUT2D eigenvalue weighted by molar-refractivity contribution is 0.165. The number of halogens is 1. The first-order chi connectivity index (χ1) is 9.27. The molecule has 2 N–H and O–H groups in total. The SMILES string of the molecule is CC(N)C1CCN(Cc2cn(C)nc2C(C)(C)C)CC1.Cl. The highest BCUT2D eigenvalue weighted by molar-refractivity contribution is 5.85. The van der Waals surface area contributed by atoms with Crippen LogP contribution in [0.3, 0.4) is 0 Å². The van der Waals surface area contributed by atoms with Crippen molar-refractivity contribution in [3.8, 4) is 0 Å². The standard InChI is InChI=1S/C16H30N4.ClH/c1-12(17)13-6-8-20(9-7-13)11-14-10-19(5)18-15(14)16(2,3)4;/h10,12-13H,6-9,11,17H2,1-5H3;1H. The monoisotopic (exact) mass is 314 g/mol. The molecule has 1 saturated heterocycles. The van der Waals surface area contributed by atoms with Crippen molar-refractivity contribution in [3.05, 3.63) is 17.5 Å². The van der Waals surface area contributed by atoms with Crippen molar-refractivity contribution in [2.75, 3.05) is 13.1 Å². The summed E-state index contributed by atoms with van der Waals surface area (Å²) in [7, 11) is 2.01. The summed E-state index contributed by atoms with van der Waals surface area (Å²) < 4.78 is 1.95. The van der Waals surface area contributed by atoms with Gasteiger partial charge in [0.15, 0.2) is 0 Å². The van der Waals surface area contributed by atoms with Gasteiger partial charge < -0.3 is 5.73 Å². The average molecular weight is 315 g/mol. The maximum absolute atomic E-state index is 6.02.